The molecule has 1 aliphatic rings. The van der Waals surface area contributed by atoms with Gasteiger partial charge in [0.1, 0.15) is 0 Å². The topological polar surface area (TPSA) is 20.3 Å². The first-order valence-corrected chi connectivity index (χ1v) is 6.74. The van der Waals surface area contributed by atoms with Crippen molar-refractivity contribution in [1.82, 2.24) is 4.90 Å². The van der Waals surface area contributed by atoms with Crippen LogP contribution in [0.5, 0.6) is 0 Å². The van der Waals surface area contributed by atoms with E-state index < -0.39 is 0 Å². The first-order chi connectivity index (χ1) is 8.68. The zero-order valence-electron chi connectivity index (χ0n) is 11.2. The van der Waals surface area contributed by atoms with Gasteiger partial charge in [-0.1, -0.05) is 30.3 Å². The van der Waals surface area contributed by atoms with Gasteiger partial charge in [0.15, 0.2) is 0 Å². The molecule has 1 heterocycles. The average Bonchev–Trinajstić information content (AvgIpc) is 2.37. The van der Waals surface area contributed by atoms with Crippen LogP contribution in [-0.4, -0.2) is 22.9 Å². The summed E-state index contributed by atoms with van der Waals surface area (Å²) in [5.41, 5.74) is 1.07. The number of amides is 1. The molecule has 1 fully saturated rings. The van der Waals surface area contributed by atoms with Gasteiger partial charge in [0.2, 0.25) is 5.91 Å². The maximum absolute atomic E-state index is 12.2. The van der Waals surface area contributed by atoms with Crippen LogP contribution in [0, 0.1) is 0 Å². The van der Waals surface area contributed by atoms with Crippen molar-refractivity contribution in [3.63, 3.8) is 0 Å². The summed E-state index contributed by atoms with van der Waals surface area (Å²) in [5.74, 6) is 0.138. The van der Waals surface area contributed by atoms with Gasteiger partial charge in [0.25, 0.3) is 0 Å². The summed E-state index contributed by atoms with van der Waals surface area (Å²) in [4.78, 5) is 14.2. The highest BCUT2D eigenvalue weighted by atomic mass is 16.2. The van der Waals surface area contributed by atoms with E-state index in [2.05, 4.69) is 13.8 Å². The third-order valence-corrected chi connectivity index (χ3v) is 3.67. The Hall–Kier alpha value is -1.57. The summed E-state index contributed by atoms with van der Waals surface area (Å²) >= 11 is 0. The minimum absolute atomic E-state index is 0.138. The molecule has 1 aliphatic heterocycles. The number of carbonyl (C=O) groups excluding carboxylic acids is 1. The van der Waals surface area contributed by atoms with Crippen LogP contribution in [0.3, 0.4) is 0 Å². The largest absolute Gasteiger partial charge is 0.334 e. The van der Waals surface area contributed by atoms with Gasteiger partial charge in [-0.05, 0) is 44.7 Å². The molecule has 1 saturated heterocycles. The molecular formula is C16H21NO. The van der Waals surface area contributed by atoms with Crippen molar-refractivity contribution < 1.29 is 4.79 Å². The van der Waals surface area contributed by atoms with Crippen molar-refractivity contribution in [2.45, 2.75) is 45.2 Å². The zero-order valence-corrected chi connectivity index (χ0v) is 11.2. The summed E-state index contributed by atoms with van der Waals surface area (Å²) in [6, 6.07) is 10.7. The van der Waals surface area contributed by atoms with Gasteiger partial charge >= 0.3 is 0 Å². The van der Waals surface area contributed by atoms with Crippen molar-refractivity contribution in [3.8, 4) is 0 Å². The molecule has 0 saturated carbocycles. The van der Waals surface area contributed by atoms with Gasteiger partial charge < -0.3 is 4.90 Å². The van der Waals surface area contributed by atoms with E-state index >= 15 is 0 Å². The van der Waals surface area contributed by atoms with Crippen molar-refractivity contribution in [2.75, 3.05) is 0 Å². The molecule has 0 bridgehead atoms. The van der Waals surface area contributed by atoms with Crippen LogP contribution in [0.25, 0.3) is 6.08 Å². The summed E-state index contributed by atoms with van der Waals surface area (Å²) in [6.45, 7) is 4.29. The third kappa shape index (κ3) is 3.00. The molecule has 0 aromatic heterocycles. The summed E-state index contributed by atoms with van der Waals surface area (Å²) in [6.07, 6.45) is 7.07. The average molecular weight is 243 g/mol. The van der Waals surface area contributed by atoms with E-state index in [0.29, 0.717) is 12.1 Å². The molecule has 18 heavy (non-hydrogen) atoms. The third-order valence-electron chi connectivity index (χ3n) is 3.67. The fourth-order valence-corrected chi connectivity index (χ4v) is 2.67. The Balaban J connectivity index is 2.05. The predicted molar refractivity (Wildman–Crippen MR) is 75.1 cm³/mol. The first kappa shape index (κ1) is 12.9. The molecule has 0 aliphatic carbocycles. The number of likely N-dealkylation sites (tertiary alicyclic amines) is 1. The summed E-state index contributed by atoms with van der Waals surface area (Å²) in [7, 11) is 0. The van der Waals surface area contributed by atoms with Crippen LogP contribution in [0.4, 0.5) is 0 Å². The first-order valence-electron chi connectivity index (χ1n) is 6.74. The quantitative estimate of drug-likeness (QED) is 0.728. The Morgan fingerprint density at radius 3 is 2.39 bits per heavy atom. The molecule has 1 amide bonds. The van der Waals surface area contributed by atoms with Crippen molar-refractivity contribution in [1.29, 1.82) is 0 Å². The van der Waals surface area contributed by atoms with E-state index in [1.54, 1.807) is 6.08 Å². The lowest BCUT2D eigenvalue weighted by atomic mass is 9.97. The maximum Gasteiger partial charge on any atom is 0.247 e. The van der Waals surface area contributed by atoms with Gasteiger partial charge in [-0.3, -0.25) is 4.79 Å². The van der Waals surface area contributed by atoms with Crippen molar-refractivity contribution >= 4 is 12.0 Å². The fraction of sp³-hybridized carbons (Fsp3) is 0.438. The minimum atomic E-state index is 0.138. The highest BCUT2D eigenvalue weighted by molar-refractivity contribution is 5.92. The SMILES string of the molecule is C[C@H]1CCC[C@H](C)N1C(=O)/C=C/c1ccccc1. The lowest BCUT2D eigenvalue weighted by Gasteiger charge is -2.38. The number of rotatable bonds is 2. The summed E-state index contributed by atoms with van der Waals surface area (Å²) < 4.78 is 0. The smallest absolute Gasteiger partial charge is 0.247 e. The lowest BCUT2D eigenvalue weighted by Crippen LogP contribution is -2.46. The molecule has 2 atom stereocenters. The van der Waals surface area contributed by atoms with Crippen LogP contribution in [0.2, 0.25) is 0 Å². The number of piperidine rings is 1. The standard InChI is InChI=1S/C16H21NO/c1-13-7-6-8-14(2)17(13)16(18)12-11-15-9-4-3-5-10-15/h3-5,9-14H,6-8H2,1-2H3/b12-11+/t13-,14-/m0/s1. The van der Waals surface area contributed by atoms with E-state index in [1.165, 1.54) is 6.42 Å². The second-order valence-corrected chi connectivity index (χ2v) is 5.12. The van der Waals surface area contributed by atoms with Gasteiger partial charge in [-0.2, -0.15) is 0 Å². The minimum Gasteiger partial charge on any atom is -0.334 e. The molecule has 0 radical (unpaired) electrons. The number of carbonyl (C=O) groups is 1. The van der Waals surface area contributed by atoms with Crippen LogP contribution in [-0.2, 0) is 4.79 Å². The Bertz CT molecular complexity index is 414. The Kier molecular flexibility index (Phi) is 4.19. The van der Waals surface area contributed by atoms with Crippen molar-refractivity contribution in [3.05, 3.63) is 42.0 Å². The fourth-order valence-electron chi connectivity index (χ4n) is 2.67. The van der Waals surface area contributed by atoms with E-state index in [4.69, 9.17) is 0 Å². The highest BCUT2D eigenvalue weighted by Crippen LogP contribution is 2.22. The van der Waals surface area contributed by atoms with E-state index in [9.17, 15) is 4.79 Å². The van der Waals surface area contributed by atoms with Crippen LogP contribution in [0.1, 0.15) is 38.7 Å². The molecule has 0 spiro atoms. The lowest BCUT2D eigenvalue weighted by molar-refractivity contribution is -0.131. The number of hydrogen-bond donors (Lipinski definition) is 0. The molecule has 2 heteroatoms. The van der Waals surface area contributed by atoms with Crippen LogP contribution >= 0.6 is 0 Å². The molecule has 2 rings (SSSR count). The Morgan fingerprint density at radius 1 is 1.17 bits per heavy atom. The molecule has 1 aromatic rings. The van der Waals surface area contributed by atoms with Gasteiger partial charge in [0, 0.05) is 18.2 Å². The molecular weight excluding hydrogens is 222 g/mol. The number of hydrogen-bond acceptors (Lipinski definition) is 1. The molecule has 0 unspecified atom stereocenters. The van der Waals surface area contributed by atoms with Crippen LogP contribution in [0.15, 0.2) is 36.4 Å². The zero-order chi connectivity index (χ0) is 13.0. The van der Waals surface area contributed by atoms with Gasteiger partial charge in [-0.25, -0.2) is 0 Å². The molecule has 0 N–H and O–H groups in total. The number of nitrogens with zero attached hydrogens (tertiary/aromatic N) is 1. The van der Waals surface area contributed by atoms with Crippen LogP contribution < -0.4 is 0 Å². The Morgan fingerprint density at radius 2 is 1.78 bits per heavy atom. The van der Waals surface area contributed by atoms with E-state index in [0.717, 1.165) is 18.4 Å². The second-order valence-electron chi connectivity index (χ2n) is 5.12. The summed E-state index contributed by atoms with van der Waals surface area (Å²) in [5, 5.41) is 0. The second kappa shape index (κ2) is 5.85. The van der Waals surface area contributed by atoms with Crippen molar-refractivity contribution in [2.24, 2.45) is 0 Å². The predicted octanol–water partition coefficient (Wildman–Crippen LogP) is 3.49. The van der Waals surface area contributed by atoms with E-state index in [1.807, 2.05) is 41.3 Å². The molecule has 1 aromatic carbocycles. The molecule has 2 nitrogen and oxygen atoms in total. The van der Waals surface area contributed by atoms with Gasteiger partial charge in [0.05, 0.1) is 0 Å². The maximum atomic E-state index is 12.2. The Labute approximate surface area is 109 Å². The van der Waals surface area contributed by atoms with E-state index in [-0.39, 0.29) is 5.91 Å². The normalized spacial score (nSPS) is 24.4. The molecule has 96 valence electrons. The van der Waals surface area contributed by atoms with Gasteiger partial charge in [-0.15, -0.1) is 0 Å². The monoisotopic (exact) mass is 243 g/mol. The number of benzene rings is 1. The highest BCUT2D eigenvalue weighted by Gasteiger charge is 2.27.